The van der Waals surface area contributed by atoms with E-state index in [0.717, 1.165) is 40.3 Å². The Morgan fingerprint density at radius 3 is 1.97 bits per heavy atom. The van der Waals surface area contributed by atoms with Gasteiger partial charge in [0, 0.05) is 6.08 Å². The van der Waals surface area contributed by atoms with Crippen molar-refractivity contribution in [2.45, 2.75) is 13.3 Å². The van der Waals surface area contributed by atoms with Gasteiger partial charge in [-0.1, -0.05) is 73.7 Å². The summed E-state index contributed by atoms with van der Waals surface area (Å²) in [4.78, 5) is 22.2. The van der Waals surface area contributed by atoms with Crippen LogP contribution in [0.15, 0.2) is 84.9 Å². The summed E-state index contributed by atoms with van der Waals surface area (Å²) < 4.78 is 9.65. The Hall–Kier alpha value is -4.12. The highest BCUT2D eigenvalue weighted by Crippen LogP contribution is 2.35. The van der Waals surface area contributed by atoms with Crippen LogP contribution in [-0.2, 0) is 9.53 Å². The van der Waals surface area contributed by atoms with Crippen LogP contribution in [0.2, 0.25) is 0 Å². The van der Waals surface area contributed by atoms with Crippen molar-refractivity contribution in [2.75, 3.05) is 7.11 Å². The van der Waals surface area contributed by atoms with Crippen molar-refractivity contribution in [1.82, 2.24) is 0 Å². The topological polar surface area (TPSA) is 72.8 Å². The molecular formula is C27H24O5. The van der Waals surface area contributed by atoms with Gasteiger partial charge < -0.3 is 14.6 Å². The van der Waals surface area contributed by atoms with Gasteiger partial charge in [0.15, 0.2) is 0 Å². The maximum absolute atomic E-state index is 11.4. The molecule has 0 fully saturated rings. The molecule has 0 saturated heterocycles. The second kappa shape index (κ2) is 10.8. The Morgan fingerprint density at radius 2 is 1.44 bits per heavy atom. The van der Waals surface area contributed by atoms with Crippen molar-refractivity contribution in [3.05, 3.63) is 107 Å². The summed E-state index contributed by atoms with van der Waals surface area (Å²) in [5, 5.41) is 8.86. The monoisotopic (exact) mass is 428 g/mol. The van der Waals surface area contributed by atoms with Crippen LogP contribution in [0, 0.1) is 0 Å². The number of carbonyl (C=O) groups excluding carboxylic acids is 1. The molecular weight excluding hydrogens is 404 g/mol. The summed E-state index contributed by atoms with van der Waals surface area (Å²) in [6, 6.07) is 25.2. The zero-order valence-electron chi connectivity index (χ0n) is 17.9. The molecule has 0 bridgehead atoms. The van der Waals surface area contributed by atoms with Gasteiger partial charge >= 0.3 is 12.1 Å². The molecule has 0 unspecified atom stereocenters. The van der Waals surface area contributed by atoms with E-state index in [1.165, 1.54) is 12.7 Å². The number of carboxylic acid groups (broad SMARTS) is 1. The molecule has 5 heteroatoms. The number of benzene rings is 3. The van der Waals surface area contributed by atoms with Crippen LogP contribution in [0.3, 0.4) is 0 Å². The standard InChI is InChI=1S/C27H24O5/c1-3-24(20-7-5-4-6-8-20)26(21-12-9-19(10-13-21)11-18-25(28)29)22-14-16-23(17-15-22)32-27(30)31-2/h4-18H,3H2,1-2H3,(H,28,29)/b18-11+,26-24-. The summed E-state index contributed by atoms with van der Waals surface area (Å²) in [6.07, 6.45) is 2.72. The van der Waals surface area contributed by atoms with Crippen molar-refractivity contribution >= 4 is 29.3 Å². The molecule has 5 nitrogen and oxygen atoms in total. The maximum atomic E-state index is 11.4. The van der Waals surface area contributed by atoms with Crippen molar-refractivity contribution < 1.29 is 24.2 Å². The second-order valence-electron chi connectivity index (χ2n) is 6.95. The van der Waals surface area contributed by atoms with Gasteiger partial charge in [-0.05, 0) is 58.0 Å². The number of ether oxygens (including phenoxy) is 2. The van der Waals surface area contributed by atoms with Crippen LogP contribution in [-0.4, -0.2) is 24.3 Å². The highest BCUT2D eigenvalue weighted by Gasteiger charge is 2.14. The molecule has 0 aliphatic heterocycles. The summed E-state index contributed by atoms with van der Waals surface area (Å²) >= 11 is 0. The molecule has 0 aliphatic rings. The minimum Gasteiger partial charge on any atom is -0.478 e. The van der Waals surface area contributed by atoms with E-state index in [9.17, 15) is 9.59 Å². The Balaban J connectivity index is 2.09. The lowest BCUT2D eigenvalue weighted by Gasteiger charge is -2.17. The molecule has 0 atom stereocenters. The number of carbonyl (C=O) groups is 2. The third-order valence-corrected chi connectivity index (χ3v) is 4.91. The third kappa shape index (κ3) is 5.73. The Morgan fingerprint density at radius 1 is 0.844 bits per heavy atom. The van der Waals surface area contributed by atoms with Crippen molar-refractivity contribution in [3.63, 3.8) is 0 Å². The molecule has 3 aromatic carbocycles. The van der Waals surface area contributed by atoms with Crippen molar-refractivity contribution in [1.29, 1.82) is 0 Å². The van der Waals surface area contributed by atoms with E-state index in [4.69, 9.17) is 9.84 Å². The van der Waals surface area contributed by atoms with Gasteiger partial charge in [-0.3, -0.25) is 0 Å². The summed E-state index contributed by atoms with van der Waals surface area (Å²) in [6.45, 7) is 2.11. The molecule has 32 heavy (non-hydrogen) atoms. The van der Waals surface area contributed by atoms with Crippen LogP contribution in [0.25, 0.3) is 17.2 Å². The van der Waals surface area contributed by atoms with Gasteiger partial charge in [0.2, 0.25) is 0 Å². The molecule has 0 aromatic heterocycles. The summed E-state index contributed by atoms with van der Waals surface area (Å²) in [5.74, 6) is -0.590. The van der Waals surface area contributed by atoms with Gasteiger partial charge in [-0.25, -0.2) is 9.59 Å². The quantitative estimate of drug-likeness (QED) is 0.207. The first kappa shape index (κ1) is 22.6. The Kier molecular flexibility index (Phi) is 7.60. The first-order valence-electron chi connectivity index (χ1n) is 10.2. The molecule has 3 rings (SSSR count). The lowest BCUT2D eigenvalue weighted by Crippen LogP contribution is -2.07. The zero-order valence-corrected chi connectivity index (χ0v) is 17.9. The molecule has 0 amide bonds. The third-order valence-electron chi connectivity index (χ3n) is 4.91. The molecule has 0 heterocycles. The lowest BCUT2D eigenvalue weighted by molar-refractivity contribution is -0.131. The first-order valence-corrected chi connectivity index (χ1v) is 10.2. The fraction of sp³-hybridized carbons (Fsp3) is 0.111. The smallest absolute Gasteiger partial charge is 0.478 e. The lowest BCUT2D eigenvalue weighted by atomic mass is 9.88. The number of hydrogen-bond donors (Lipinski definition) is 1. The van der Waals surface area contributed by atoms with E-state index in [-0.39, 0.29) is 0 Å². The second-order valence-corrected chi connectivity index (χ2v) is 6.95. The molecule has 0 radical (unpaired) electrons. The van der Waals surface area contributed by atoms with E-state index in [0.29, 0.717) is 5.75 Å². The molecule has 162 valence electrons. The van der Waals surface area contributed by atoms with Gasteiger partial charge in [-0.15, -0.1) is 0 Å². The number of carboxylic acids is 1. The Labute approximate surface area is 187 Å². The minimum atomic E-state index is -0.985. The zero-order chi connectivity index (χ0) is 22.9. The fourth-order valence-corrected chi connectivity index (χ4v) is 3.44. The summed E-state index contributed by atoms with van der Waals surface area (Å²) in [7, 11) is 1.26. The van der Waals surface area contributed by atoms with Crippen LogP contribution >= 0.6 is 0 Å². The number of aliphatic carboxylic acids is 1. The normalized spacial score (nSPS) is 11.7. The molecule has 0 spiro atoms. The van der Waals surface area contributed by atoms with Crippen LogP contribution in [0.1, 0.15) is 35.6 Å². The van der Waals surface area contributed by atoms with Gasteiger partial charge in [0.05, 0.1) is 7.11 Å². The Bertz CT molecular complexity index is 1120. The predicted octanol–water partition coefficient (Wildman–Crippen LogP) is 6.30. The average molecular weight is 428 g/mol. The fourth-order valence-electron chi connectivity index (χ4n) is 3.44. The van der Waals surface area contributed by atoms with Crippen LogP contribution in [0.5, 0.6) is 5.75 Å². The van der Waals surface area contributed by atoms with E-state index >= 15 is 0 Å². The molecule has 0 aliphatic carbocycles. The molecule has 3 aromatic rings. The first-order chi connectivity index (χ1) is 15.5. The van der Waals surface area contributed by atoms with Gasteiger partial charge in [0.1, 0.15) is 5.75 Å². The van der Waals surface area contributed by atoms with Crippen LogP contribution < -0.4 is 4.74 Å². The summed E-state index contributed by atoms with van der Waals surface area (Å²) in [5.41, 5.74) is 6.11. The number of rotatable bonds is 7. The number of methoxy groups -OCH3 is 1. The SMILES string of the molecule is CC/C(=C(\c1ccc(/C=C/C(=O)O)cc1)c1ccc(OC(=O)OC)cc1)c1ccccc1. The van der Waals surface area contributed by atoms with Crippen molar-refractivity contribution in [2.24, 2.45) is 0 Å². The molecule has 1 N–H and O–H groups in total. The predicted molar refractivity (Wildman–Crippen MR) is 125 cm³/mol. The number of hydrogen-bond acceptors (Lipinski definition) is 4. The van der Waals surface area contributed by atoms with E-state index in [2.05, 4.69) is 23.8 Å². The molecule has 0 saturated carbocycles. The highest BCUT2D eigenvalue weighted by molar-refractivity contribution is 5.98. The minimum absolute atomic E-state index is 0.395. The average Bonchev–Trinajstić information content (AvgIpc) is 2.82. The van der Waals surface area contributed by atoms with E-state index in [1.807, 2.05) is 54.6 Å². The number of allylic oxidation sites excluding steroid dienone is 1. The highest BCUT2D eigenvalue weighted by atomic mass is 16.7. The van der Waals surface area contributed by atoms with Crippen LogP contribution in [0.4, 0.5) is 4.79 Å². The van der Waals surface area contributed by atoms with Crippen molar-refractivity contribution in [3.8, 4) is 5.75 Å². The van der Waals surface area contributed by atoms with Gasteiger partial charge in [-0.2, -0.15) is 0 Å². The largest absolute Gasteiger partial charge is 0.513 e. The maximum Gasteiger partial charge on any atom is 0.513 e. The van der Waals surface area contributed by atoms with Gasteiger partial charge in [0.25, 0.3) is 0 Å². The van der Waals surface area contributed by atoms with E-state index in [1.54, 1.807) is 18.2 Å². The van der Waals surface area contributed by atoms with E-state index < -0.39 is 12.1 Å².